The van der Waals surface area contributed by atoms with Gasteiger partial charge < -0.3 is 10.7 Å². The number of rotatable bonds is 1. The summed E-state index contributed by atoms with van der Waals surface area (Å²) in [5.74, 6) is 0.935. The molecular formula is C7H11N3. The normalized spacial score (nSPS) is 15.7. The largest absolute Gasteiger partial charge is 0.345 e. The van der Waals surface area contributed by atoms with E-state index in [1.54, 1.807) is 0 Å². The molecule has 1 aromatic heterocycles. The number of fused-ring (bicyclic) bond motifs is 1. The van der Waals surface area contributed by atoms with E-state index < -0.39 is 0 Å². The van der Waals surface area contributed by atoms with Gasteiger partial charge in [0.05, 0.1) is 12.2 Å². The molecule has 2 rings (SSSR count). The Bertz CT molecular complexity index is 217. The molecule has 0 saturated heterocycles. The molecule has 0 unspecified atom stereocenters. The van der Waals surface area contributed by atoms with Crippen LogP contribution in [0, 0.1) is 0 Å². The van der Waals surface area contributed by atoms with E-state index in [9.17, 15) is 0 Å². The van der Waals surface area contributed by atoms with Crippen LogP contribution in [0.1, 0.15) is 23.6 Å². The number of nitrogens with zero attached hydrogens (tertiary/aromatic N) is 1. The second kappa shape index (κ2) is 2.09. The molecular weight excluding hydrogens is 126 g/mol. The third-order valence-corrected chi connectivity index (χ3v) is 1.95. The van der Waals surface area contributed by atoms with Crippen molar-refractivity contribution in [3.8, 4) is 0 Å². The van der Waals surface area contributed by atoms with Crippen LogP contribution >= 0.6 is 0 Å². The van der Waals surface area contributed by atoms with Crippen LogP contribution in [0.4, 0.5) is 0 Å². The van der Waals surface area contributed by atoms with E-state index >= 15 is 0 Å². The smallest absolute Gasteiger partial charge is 0.120 e. The van der Waals surface area contributed by atoms with Gasteiger partial charge in [-0.3, -0.25) is 0 Å². The van der Waals surface area contributed by atoms with Crippen LogP contribution in [0.5, 0.6) is 0 Å². The molecule has 1 aromatic rings. The highest BCUT2D eigenvalue weighted by atomic mass is 15.0. The van der Waals surface area contributed by atoms with E-state index in [-0.39, 0.29) is 0 Å². The third kappa shape index (κ3) is 0.743. The quantitative estimate of drug-likeness (QED) is 0.587. The molecule has 3 nitrogen and oxygen atoms in total. The lowest BCUT2D eigenvalue weighted by atomic mass is 10.3. The van der Waals surface area contributed by atoms with Crippen molar-refractivity contribution in [1.82, 2.24) is 9.97 Å². The van der Waals surface area contributed by atoms with E-state index in [1.165, 1.54) is 17.8 Å². The van der Waals surface area contributed by atoms with Gasteiger partial charge in [0.2, 0.25) is 0 Å². The van der Waals surface area contributed by atoms with Gasteiger partial charge in [-0.25, -0.2) is 4.98 Å². The Kier molecular flexibility index (Phi) is 1.24. The van der Waals surface area contributed by atoms with Gasteiger partial charge in [-0.2, -0.15) is 0 Å². The van der Waals surface area contributed by atoms with Gasteiger partial charge in [0.1, 0.15) is 5.82 Å². The molecule has 0 spiro atoms. The van der Waals surface area contributed by atoms with Crippen molar-refractivity contribution in [3.63, 3.8) is 0 Å². The Hall–Kier alpha value is -0.830. The summed E-state index contributed by atoms with van der Waals surface area (Å²) >= 11 is 0. The molecule has 54 valence electrons. The zero-order chi connectivity index (χ0) is 6.97. The standard InChI is InChI=1S/C7H11N3/c8-4-7-9-5-2-1-3-6(5)10-7/h1-4,8H2,(H,9,10). The molecule has 0 amide bonds. The Balaban J connectivity index is 2.37. The van der Waals surface area contributed by atoms with Gasteiger partial charge in [-0.15, -0.1) is 0 Å². The highest BCUT2D eigenvalue weighted by molar-refractivity contribution is 5.19. The van der Waals surface area contributed by atoms with E-state index in [2.05, 4.69) is 9.97 Å². The molecule has 1 aliphatic carbocycles. The molecule has 3 N–H and O–H groups in total. The van der Waals surface area contributed by atoms with Gasteiger partial charge in [-0.1, -0.05) is 0 Å². The van der Waals surface area contributed by atoms with Crippen molar-refractivity contribution < 1.29 is 0 Å². The zero-order valence-electron chi connectivity index (χ0n) is 5.85. The minimum Gasteiger partial charge on any atom is -0.345 e. The summed E-state index contributed by atoms with van der Waals surface area (Å²) in [6.45, 7) is 0.535. The third-order valence-electron chi connectivity index (χ3n) is 1.95. The van der Waals surface area contributed by atoms with Gasteiger partial charge in [-0.05, 0) is 19.3 Å². The van der Waals surface area contributed by atoms with E-state index in [4.69, 9.17) is 5.73 Å². The second-order valence-corrected chi connectivity index (χ2v) is 2.67. The van der Waals surface area contributed by atoms with Crippen LogP contribution in [-0.2, 0) is 19.4 Å². The maximum Gasteiger partial charge on any atom is 0.120 e. The molecule has 0 saturated carbocycles. The van der Waals surface area contributed by atoms with E-state index in [1.807, 2.05) is 0 Å². The number of hydrogen-bond acceptors (Lipinski definition) is 2. The lowest BCUT2D eigenvalue weighted by molar-refractivity contribution is 0.840. The number of aryl methyl sites for hydroxylation is 2. The molecule has 3 heteroatoms. The number of imidazole rings is 1. The summed E-state index contributed by atoms with van der Waals surface area (Å²) < 4.78 is 0. The number of nitrogens with two attached hydrogens (primary N) is 1. The minimum absolute atomic E-state index is 0.535. The highest BCUT2D eigenvalue weighted by Crippen LogP contribution is 2.18. The van der Waals surface area contributed by atoms with Crippen LogP contribution in [0.2, 0.25) is 0 Å². The summed E-state index contributed by atoms with van der Waals surface area (Å²) in [7, 11) is 0. The summed E-state index contributed by atoms with van der Waals surface area (Å²) in [6.07, 6.45) is 3.53. The number of aromatic amines is 1. The zero-order valence-corrected chi connectivity index (χ0v) is 5.85. The predicted octanol–water partition coefficient (Wildman–Crippen LogP) is 0.357. The van der Waals surface area contributed by atoms with Crippen LogP contribution in [0.3, 0.4) is 0 Å². The number of H-pyrrole nitrogens is 1. The van der Waals surface area contributed by atoms with Crippen molar-refractivity contribution in [2.45, 2.75) is 25.8 Å². The van der Waals surface area contributed by atoms with Crippen LogP contribution in [-0.4, -0.2) is 9.97 Å². The molecule has 10 heavy (non-hydrogen) atoms. The Morgan fingerprint density at radius 1 is 1.50 bits per heavy atom. The van der Waals surface area contributed by atoms with Crippen LogP contribution < -0.4 is 5.73 Å². The lowest BCUT2D eigenvalue weighted by Crippen LogP contribution is -1.99. The van der Waals surface area contributed by atoms with E-state index in [0.29, 0.717) is 6.54 Å². The van der Waals surface area contributed by atoms with Crippen molar-refractivity contribution >= 4 is 0 Å². The fraction of sp³-hybridized carbons (Fsp3) is 0.571. The fourth-order valence-corrected chi connectivity index (χ4v) is 1.45. The fourth-order valence-electron chi connectivity index (χ4n) is 1.45. The second-order valence-electron chi connectivity index (χ2n) is 2.67. The summed E-state index contributed by atoms with van der Waals surface area (Å²) in [6, 6.07) is 0. The Labute approximate surface area is 59.7 Å². The first-order chi connectivity index (χ1) is 4.90. The average molecular weight is 137 g/mol. The number of aromatic nitrogens is 2. The first-order valence-electron chi connectivity index (χ1n) is 3.67. The minimum atomic E-state index is 0.535. The van der Waals surface area contributed by atoms with Crippen molar-refractivity contribution in [2.24, 2.45) is 5.73 Å². The van der Waals surface area contributed by atoms with Crippen LogP contribution in [0.25, 0.3) is 0 Å². The predicted molar refractivity (Wildman–Crippen MR) is 38.5 cm³/mol. The Morgan fingerprint density at radius 2 is 2.40 bits per heavy atom. The molecule has 0 radical (unpaired) electrons. The first kappa shape index (κ1) is 5.92. The number of hydrogen-bond donors (Lipinski definition) is 2. The molecule has 1 heterocycles. The molecule has 1 aliphatic rings. The lowest BCUT2D eigenvalue weighted by Gasteiger charge is -1.87. The molecule has 0 atom stereocenters. The Morgan fingerprint density at radius 3 is 3.10 bits per heavy atom. The summed E-state index contributed by atoms with van der Waals surface area (Å²) in [5.41, 5.74) is 7.96. The molecule has 0 bridgehead atoms. The van der Waals surface area contributed by atoms with Crippen molar-refractivity contribution in [2.75, 3.05) is 0 Å². The maximum absolute atomic E-state index is 5.42. The number of nitrogens with one attached hydrogen (secondary N) is 1. The van der Waals surface area contributed by atoms with Gasteiger partial charge >= 0.3 is 0 Å². The average Bonchev–Trinajstić information content (AvgIpc) is 2.42. The topological polar surface area (TPSA) is 54.7 Å². The van der Waals surface area contributed by atoms with Crippen molar-refractivity contribution in [3.05, 3.63) is 17.2 Å². The molecule has 0 aromatic carbocycles. The summed E-state index contributed by atoms with van der Waals surface area (Å²) in [4.78, 5) is 7.54. The van der Waals surface area contributed by atoms with E-state index in [0.717, 1.165) is 18.7 Å². The van der Waals surface area contributed by atoms with Gasteiger partial charge in [0, 0.05) is 5.69 Å². The van der Waals surface area contributed by atoms with Gasteiger partial charge in [0.15, 0.2) is 0 Å². The maximum atomic E-state index is 5.42. The monoisotopic (exact) mass is 137 g/mol. The van der Waals surface area contributed by atoms with Crippen molar-refractivity contribution in [1.29, 1.82) is 0 Å². The summed E-state index contributed by atoms with van der Waals surface area (Å²) in [5, 5.41) is 0. The van der Waals surface area contributed by atoms with Gasteiger partial charge in [0.25, 0.3) is 0 Å². The highest BCUT2D eigenvalue weighted by Gasteiger charge is 2.14. The SMILES string of the molecule is NCc1nc2c([nH]1)CCC2. The molecule has 0 aliphatic heterocycles. The first-order valence-corrected chi connectivity index (χ1v) is 3.67. The molecule has 0 fully saturated rings. The van der Waals surface area contributed by atoms with Crippen LogP contribution in [0.15, 0.2) is 0 Å².